The van der Waals surface area contributed by atoms with Crippen molar-refractivity contribution in [2.24, 2.45) is 30.0 Å². The Balaban J connectivity index is 1.09. The molecule has 9 heteroatoms. The molecule has 3 aromatic carbocycles. The molecule has 54 heavy (non-hydrogen) atoms. The largest absolute Gasteiger partial charge is 0.286 e. The number of hydrogen-bond donors (Lipinski definition) is 0. The maximum absolute atomic E-state index is 4.70. The molecule has 0 amide bonds. The predicted octanol–water partition coefficient (Wildman–Crippen LogP) is 7.90. The van der Waals surface area contributed by atoms with Crippen molar-refractivity contribution in [2.75, 3.05) is 0 Å². The summed E-state index contributed by atoms with van der Waals surface area (Å²) in [7, 11) is 0. The van der Waals surface area contributed by atoms with Crippen LogP contribution in [0.4, 0.5) is 0 Å². The first-order valence-corrected chi connectivity index (χ1v) is 17.8. The molecule has 0 spiro atoms. The van der Waals surface area contributed by atoms with Gasteiger partial charge in [0.1, 0.15) is 0 Å². The molecule has 0 aliphatic carbocycles. The average molecular weight is 706 g/mol. The van der Waals surface area contributed by atoms with Crippen molar-refractivity contribution in [2.45, 2.75) is 39.3 Å². The van der Waals surface area contributed by atoms with Crippen LogP contribution in [0, 0.1) is 0 Å². The quantitative estimate of drug-likeness (QED) is 0.160. The molecule has 12 bridgehead atoms. The van der Waals surface area contributed by atoms with Gasteiger partial charge in [0, 0.05) is 37.3 Å². The van der Waals surface area contributed by atoms with Crippen LogP contribution in [0.2, 0.25) is 0 Å². The van der Waals surface area contributed by atoms with Gasteiger partial charge in [-0.05, 0) is 69.8 Å². The zero-order valence-corrected chi connectivity index (χ0v) is 29.9. The second-order valence-corrected chi connectivity index (χ2v) is 12.7. The predicted molar refractivity (Wildman–Crippen MR) is 220 cm³/mol. The molecule has 0 saturated heterocycles. The van der Waals surface area contributed by atoms with E-state index in [1.54, 1.807) is 37.3 Å². The van der Waals surface area contributed by atoms with Gasteiger partial charge in [-0.3, -0.25) is 30.0 Å². The molecule has 0 atom stereocenters. The Bertz CT molecular complexity index is 1970. The monoisotopic (exact) mass is 705 g/mol. The van der Waals surface area contributed by atoms with E-state index in [9.17, 15) is 0 Å². The minimum atomic E-state index is 0.544. The van der Waals surface area contributed by atoms with Gasteiger partial charge < -0.3 is 0 Å². The second-order valence-electron chi connectivity index (χ2n) is 12.7. The van der Waals surface area contributed by atoms with Crippen LogP contribution in [0.15, 0.2) is 157 Å². The summed E-state index contributed by atoms with van der Waals surface area (Å²) in [5, 5.41) is 0. The Morgan fingerprint density at radius 2 is 0.426 bits per heavy atom. The molecule has 4 heterocycles. The lowest BCUT2D eigenvalue weighted by Gasteiger charge is -2.02. The number of nitrogens with zero attached hydrogens (tertiary/aromatic N) is 9. The second kappa shape index (κ2) is 18.6. The van der Waals surface area contributed by atoms with Crippen LogP contribution in [-0.2, 0) is 39.3 Å². The zero-order valence-electron chi connectivity index (χ0n) is 29.9. The number of aliphatic imine (C=N–C) groups is 6. The molecule has 6 aromatic rings. The van der Waals surface area contributed by atoms with Crippen LogP contribution in [0.1, 0.15) is 67.5 Å². The molecule has 264 valence electrons. The van der Waals surface area contributed by atoms with Gasteiger partial charge in [-0.1, -0.05) is 91.0 Å². The van der Waals surface area contributed by atoms with Gasteiger partial charge in [0.05, 0.1) is 73.4 Å². The van der Waals surface area contributed by atoms with Crippen LogP contribution in [-0.4, -0.2) is 52.2 Å². The summed E-state index contributed by atoms with van der Waals surface area (Å²) in [6.45, 7) is 3.26. The molecule has 9 nitrogen and oxygen atoms in total. The van der Waals surface area contributed by atoms with Crippen LogP contribution in [0.25, 0.3) is 0 Å². The maximum Gasteiger partial charge on any atom is 0.0815 e. The Hall–Kier alpha value is -6.87. The first-order chi connectivity index (χ1) is 26.7. The third-order valence-corrected chi connectivity index (χ3v) is 8.34. The number of rotatable bonds is 0. The summed E-state index contributed by atoms with van der Waals surface area (Å²) in [6.07, 6.45) is 10.8. The first-order valence-electron chi connectivity index (χ1n) is 17.8. The molecule has 0 fully saturated rings. The van der Waals surface area contributed by atoms with E-state index in [0.717, 1.165) is 67.5 Å². The molecule has 1 aliphatic heterocycles. The van der Waals surface area contributed by atoms with Crippen molar-refractivity contribution in [3.63, 3.8) is 0 Å². The number of pyridine rings is 3. The van der Waals surface area contributed by atoms with Crippen molar-refractivity contribution in [3.05, 3.63) is 195 Å². The van der Waals surface area contributed by atoms with Crippen molar-refractivity contribution in [3.8, 4) is 0 Å². The molecule has 1 aliphatic rings. The highest BCUT2D eigenvalue weighted by Gasteiger charge is 2.01. The fourth-order valence-corrected chi connectivity index (χ4v) is 5.78. The van der Waals surface area contributed by atoms with E-state index in [4.69, 9.17) is 15.0 Å². The SMILES string of the molecule is C1=NCc2cccc(c2)CN=Cc2cccc(n2)C=NCc2cccc(c2)CN=Cc2cccc(n2)C=NCc2cccc(c2)CN=Cc2cccc1n2. The van der Waals surface area contributed by atoms with Crippen LogP contribution >= 0.6 is 0 Å². The number of aromatic nitrogens is 3. The van der Waals surface area contributed by atoms with Gasteiger partial charge in [0.15, 0.2) is 0 Å². The normalized spacial score (nSPS) is 13.8. The highest BCUT2D eigenvalue weighted by molar-refractivity contribution is 5.83. The Morgan fingerprint density at radius 3 is 0.630 bits per heavy atom. The zero-order chi connectivity index (χ0) is 36.6. The molecule has 7 rings (SSSR count). The van der Waals surface area contributed by atoms with Crippen molar-refractivity contribution < 1.29 is 0 Å². The van der Waals surface area contributed by atoms with E-state index < -0.39 is 0 Å². The van der Waals surface area contributed by atoms with Crippen LogP contribution in [0.5, 0.6) is 0 Å². The van der Waals surface area contributed by atoms with Crippen LogP contribution in [0.3, 0.4) is 0 Å². The molecule has 0 unspecified atom stereocenters. The lowest BCUT2D eigenvalue weighted by atomic mass is 10.1. The van der Waals surface area contributed by atoms with E-state index in [-0.39, 0.29) is 0 Å². The van der Waals surface area contributed by atoms with E-state index >= 15 is 0 Å². The summed E-state index contributed by atoms with van der Waals surface area (Å²) < 4.78 is 0. The fraction of sp³-hybridized carbons (Fsp3) is 0.133. The van der Waals surface area contributed by atoms with Gasteiger partial charge in [0.2, 0.25) is 0 Å². The number of fused-ring (bicyclic) bond motifs is 12. The molecule has 0 N–H and O–H groups in total. The lowest BCUT2D eigenvalue weighted by Crippen LogP contribution is -1.96. The minimum Gasteiger partial charge on any atom is -0.286 e. The highest BCUT2D eigenvalue weighted by atomic mass is 14.8. The van der Waals surface area contributed by atoms with E-state index in [2.05, 4.69) is 84.6 Å². The lowest BCUT2D eigenvalue weighted by molar-refractivity contribution is 1.03. The van der Waals surface area contributed by atoms with Crippen molar-refractivity contribution >= 4 is 37.3 Å². The minimum absolute atomic E-state index is 0.544. The van der Waals surface area contributed by atoms with Gasteiger partial charge >= 0.3 is 0 Å². The summed E-state index contributed by atoms with van der Waals surface area (Å²) >= 11 is 0. The van der Waals surface area contributed by atoms with Gasteiger partial charge in [0.25, 0.3) is 0 Å². The van der Waals surface area contributed by atoms with Gasteiger partial charge in [-0.25, -0.2) is 15.0 Å². The molecule has 3 aromatic heterocycles. The summed E-state index contributed by atoms with van der Waals surface area (Å²) in [5.74, 6) is 0. The van der Waals surface area contributed by atoms with E-state index in [1.165, 1.54) is 0 Å². The Kier molecular flexibility index (Phi) is 12.2. The van der Waals surface area contributed by atoms with E-state index in [1.807, 2.05) is 72.8 Å². The Labute approximate surface area is 315 Å². The average Bonchev–Trinajstić information content (AvgIpc) is 3.19. The van der Waals surface area contributed by atoms with E-state index in [0.29, 0.717) is 39.3 Å². The van der Waals surface area contributed by atoms with Gasteiger partial charge in [-0.2, -0.15) is 0 Å². The smallest absolute Gasteiger partial charge is 0.0815 e. The highest BCUT2D eigenvalue weighted by Crippen LogP contribution is 2.12. The number of hydrogen-bond acceptors (Lipinski definition) is 9. The first kappa shape index (κ1) is 35.5. The molecule has 0 saturated carbocycles. The third kappa shape index (κ3) is 11.1. The third-order valence-electron chi connectivity index (χ3n) is 8.34. The molecular weight excluding hydrogens is 667 g/mol. The van der Waals surface area contributed by atoms with Crippen molar-refractivity contribution in [1.82, 2.24) is 15.0 Å². The summed E-state index contributed by atoms with van der Waals surface area (Å²) in [6, 6.07) is 42.5. The van der Waals surface area contributed by atoms with Crippen molar-refractivity contribution in [1.29, 1.82) is 0 Å². The standard InChI is InChI=1S/C45H39N9/c1-7-34-19-35(8-1)23-47-29-41-14-5-16-43(53-41)31-49-25-37-10-3-12-39(21-37)27-51-33-45-18-6-17-44(54-45)32-50-26-38-11-2-9-36(20-38)24-48-30-42-15-4-13-40(52-42)28-46-22-34/h1-21,28-33H,22-27H2. The van der Waals surface area contributed by atoms with Crippen LogP contribution < -0.4 is 0 Å². The molecular formula is C45H39N9. The topological polar surface area (TPSA) is 113 Å². The summed E-state index contributed by atoms with van der Waals surface area (Å²) in [4.78, 5) is 42.1. The molecule has 0 radical (unpaired) electrons. The fourth-order valence-electron chi connectivity index (χ4n) is 5.78. The number of benzene rings is 3. The maximum atomic E-state index is 4.70. The summed E-state index contributed by atoms with van der Waals surface area (Å²) in [5.41, 5.74) is 11.3. The Morgan fingerprint density at radius 1 is 0.241 bits per heavy atom. The van der Waals surface area contributed by atoms with Gasteiger partial charge in [-0.15, -0.1) is 0 Å².